The second-order valence-electron chi connectivity index (χ2n) is 4.08. The summed E-state index contributed by atoms with van der Waals surface area (Å²) in [7, 11) is 4.00. The van der Waals surface area contributed by atoms with Crippen LogP contribution in [0.25, 0.3) is 0 Å². The zero-order chi connectivity index (χ0) is 12.1. The standard InChI is InChI=1S/C11H17N5/c1-8(7-16(2)3)15-11-9(5-12)4-10(13)6-14-11/h4,6,8H,7,13H2,1-3H3,(H,14,15). The quantitative estimate of drug-likeness (QED) is 0.786. The first-order valence-corrected chi connectivity index (χ1v) is 5.10. The summed E-state index contributed by atoms with van der Waals surface area (Å²) in [5.74, 6) is 0.589. The van der Waals surface area contributed by atoms with Crippen molar-refractivity contribution in [2.24, 2.45) is 0 Å². The minimum absolute atomic E-state index is 0.221. The van der Waals surface area contributed by atoms with E-state index in [0.29, 0.717) is 17.1 Å². The molecule has 1 unspecified atom stereocenters. The summed E-state index contributed by atoms with van der Waals surface area (Å²) in [6.45, 7) is 2.91. The van der Waals surface area contributed by atoms with E-state index in [1.807, 2.05) is 21.0 Å². The molecule has 0 aliphatic carbocycles. The number of hydrogen-bond acceptors (Lipinski definition) is 5. The molecule has 1 atom stereocenters. The van der Waals surface area contributed by atoms with Crippen molar-refractivity contribution in [3.05, 3.63) is 17.8 Å². The first-order chi connectivity index (χ1) is 7.52. The van der Waals surface area contributed by atoms with Crippen LogP contribution in [0.4, 0.5) is 11.5 Å². The fourth-order valence-corrected chi connectivity index (χ4v) is 1.51. The number of nitrogens with two attached hydrogens (primary N) is 1. The fraction of sp³-hybridized carbons (Fsp3) is 0.455. The summed E-state index contributed by atoms with van der Waals surface area (Å²) in [6, 6.07) is 3.92. The topological polar surface area (TPSA) is 78.0 Å². The molecule has 0 aliphatic rings. The van der Waals surface area contributed by atoms with Gasteiger partial charge in [-0.25, -0.2) is 4.98 Å². The lowest BCUT2D eigenvalue weighted by Crippen LogP contribution is -2.30. The summed E-state index contributed by atoms with van der Waals surface area (Å²) < 4.78 is 0. The summed E-state index contributed by atoms with van der Waals surface area (Å²) in [5.41, 5.74) is 6.54. The molecule has 0 aliphatic heterocycles. The molecule has 0 radical (unpaired) electrons. The number of nitrogens with zero attached hydrogens (tertiary/aromatic N) is 3. The molecule has 0 saturated carbocycles. The Morgan fingerprint density at radius 3 is 2.88 bits per heavy atom. The van der Waals surface area contributed by atoms with Crippen LogP contribution >= 0.6 is 0 Å². The predicted molar refractivity (Wildman–Crippen MR) is 65.0 cm³/mol. The maximum Gasteiger partial charge on any atom is 0.144 e. The van der Waals surface area contributed by atoms with Crippen molar-refractivity contribution in [1.82, 2.24) is 9.88 Å². The fourth-order valence-electron chi connectivity index (χ4n) is 1.51. The van der Waals surface area contributed by atoms with E-state index in [1.165, 1.54) is 0 Å². The Balaban J connectivity index is 2.77. The first kappa shape index (κ1) is 12.3. The SMILES string of the molecule is CC(CN(C)C)Nc1ncc(N)cc1C#N. The van der Waals surface area contributed by atoms with Crippen LogP contribution in [0.2, 0.25) is 0 Å². The number of nitriles is 1. The van der Waals surface area contributed by atoms with Gasteiger partial charge in [-0.15, -0.1) is 0 Å². The van der Waals surface area contributed by atoms with Crippen LogP contribution in [-0.4, -0.2) is 36.6 Å². The molecule has 1 rings (SSSR count). The zero-order valence-electron chi connectivity index (χ0n) is 9.86. The molecule has 0 bridgehead atoms. The third kappa shape index (κ3) is 3.41. The van der Waals surface area contributed by atoms with Crippen molar-refractivity contribution in [2.45, 2.75) is 13.0 Å². The number of pyridine rings is 1. The Morgan fingerprint density at radius 2 is 2.31 bits per heavy atom. The number of nitrogen functional groups attached to an aromatic ring is 1. The Labute approximate surface area is 95.9 Å². The summed E-state index contributed by atoms with van der Waals surface area (Å²) in [5, 5.41) is 12.1. The van der Waals surface area contributed by atoms with Gasteiger partial charge < -0.3 is 16.0 Å². The molecule has 1 aromatic rings. The average molecular weight is 219 g/mol. The number of anilines is 2. The Morgan fingerprint density at radius 1 is 1.62 bits per heavy atom. The van der Waals surface area contributed by atoms with E-state index in [9.17, 15) is 0 Å². The van der Waals surface area contributed by atoms with Crippen molar-refractivity contribution in [3.63, 3.8) is 0 Å². The van der Waals surface area contributed by atoms with Gasteiger partial charge in [0.1, 0.15) is 11.9 Å². The van der Waals surface area contributed by atoms with Gasteiger partial charge in [-0.3, -0.25) is 0 Å². The van der Waals surface area contributed by atoms with E-state index in [-0.39, 0.29) is 6.04 Å². The van der Waals surface area contributed by atoms with Crippen LogP contribution in [0.15, 0.2) is 12.3 Å². The molecule has 1 heterocycles. The van der Waals surface area contributed by atoms with Gasteiger partial charge in [-0.2, -0.15) is 5.26 Å². The molecule has 5 heteroatoms. The maximum atomic E-state index is 8.94. The van der Waals surface area contributed by atoms with Gasteiger partial charge in [0, 0.05) is 12.6 Å². The van der Waals surface area contributed by atoms with Crippen LogP contribution < -0.4 is 11.1 Å². The minimum atomic E-state index is 0.221. The van der Waals surface area contributed by atoms with Gasteiger partial charge in [0.2, 0.25) is 0 Å². The van der Waals surface area contributed by atoms with E-state index in [1.54, 1.807) is 12.3 Å². The second kappa shape index (κ2) is 5.33. The lowest BCUT2D eigenvalue weighted by atomic mass is 10.2. The lowest BCUT2D eigenvalue weighted by Gasteiger charge is -2.19. The van der Waals surface area contributed by atoms with Crippen LogP contribution in [0.1, 0.15) is 12.5 Å². The first-order valence-electron chi connectivity index (χ1n) is 5.10. The molecule has 0 fully saturated rings. The van der Waals surface area contributed by atoms with E-state index < -0.39 is 0 Å². The Kier molecular flexibility index (Phi) is 4.09. The molecule has 0 saturated heterocycles. The molecule has 86 valence electrons. The number of rotatable bonds is 4. The molecule has 0 aromatic carbocycles. The average Bonchev–Trinajstić information content (AvgIpc) is 2.19. The van der Waals surface area contributed by atoms with Crippen molar-refractivity contribution in [2.75, 3.05) is 31.7 Å². The van der Waals surface area contributed by atoms with E-state index in [2.05, 4.69) is 21.3 Å². The molecule has 0 amide bonds. The van der Waals surface area contributed by atoms with Gasteiger partial charge in [-0.1, -0.05) is 0 Å². The molecule has 16 heavy (non-hydrogen) atoms. The van der Waals surface area contributed by atoms with Gasteiger partial charge in [-0.05, 0) is 27.1 Å². The monoisotopic (exact) mass is 219 g/mol. The highest BCUT2D eigenvalue weighted by Crippen LogP contribution is 2.15. The van der Waals surface area contributed by atoms with E-state index >= 15 is 0 Å². The maximum absolute atomic E-state index is 8.94. The zero-order valence-corrected chi connectivity index (χ0v) is 9.86. The summed E-state index contributed by atoms with van der Waals surface area (Å²) in [4.78, 5) is 6.19. The van der Waals surface area contributed by atoms with Crippen LogP contribution in [-0.2, 0) is 0 Å². The van der Waals surface area contributed by atoms with Crippen molar-refractivity contribution in [1.29, 1.82) is 5.26 Å². The molecular weight excluding hydrogens is 202 g/mol. The molecular formula is C11H17N5. The predicted octanol–water partition coefficient (Wildman–Crippen LogP) is 0.897. The Hall–Kier alpha value is -1.80. The Bertz CT molecular complexity index is 394. The van der Waals surface area contributed by atoms with Gasteiger partial charge in [0.25, 0.3) is 0 Å². The highest BCUT2D eigenvalue weighted by atomic mass is 15.1. The van der Waals surface area contributed by atoms with Crippen molar-refractivity contribution >= 4 is 11.5 Å². The largest absolute Gasteiger partial charge is 0.397 e. The summed E-state index contributed by atoms with van der Waals surface area (Å²) >= 11 is 0. The van der Waals surface area contributed by atoms with Gasteiger partial charge in [0.15, 0.2) is 0 Å². The third-order valence-corrected chi connectivity index (χ3v) is 2.05. The number of hydrogen-bond donors (Lipinski definition) is 2. The van der Waals surface area contributed by atoms with E-state index in [4.69, 9.17) is 11.0 Å². The normalized spacial score (nSPS) is 12.2. The highest BCUT2D eigenvalue weighted by molar-refractivity contribution is 5.57. The van der Waals surface area contributed by atoms with E-state index in [0.717, 1.165) is 6.54 Å². The molecule has 5 nitrogen and oxygen atoms in total. The second-order valence-corrected chi connectivity index (χ2v) is 4.08. The van der Waals surface area contributed by atoms with Crippen molar-refractivity contribution in [3.8, 4) is 6.07 Å². The van der Waals surface area contributed by atoms with Crippen LogP contribution in [0, 0.1) is 11.3 Å². The molecule has 0 spiro atoms. The third-order valence-electron chi connectivity index (χ3n) is 2.05. The van der Waals surface area contributed by atoms with Gasteiger partial charge in [0.05, 0.1) is 17.4 Å². The van der Waals surface area contributed by atoms with Gasteiger partial charge >= 0.3 is 0 Å². The smallest absolute Gasteiger partial charge is 0.144 e. The molecule has 3 N–H and O–H groups in total. The number of nitrogens with one attached hydrogen (secondary N) is 1. The van der Waals surface area contributed by atoms with Crippen LogP contribution in [0.5, 0.6) is 0 Å². The minimum Gasteiger partial charge on any atom is -0.397 e. The summed E-state index contributed by atoms with van der Waals surface area (Å²) in [6.07, 6.45) is 1.55. The van der Waals surface area contributed by atoms with Crippen LogP contribution in [0.3, 0.4) is 0 Å². The highest BCUT2D eigenvalue weighted by Gasteiger charge is 2.08. The number of likely N-dealkylation sites (N-methyl/N-ethyl adjacent to an activating group) is 1. The van der Waals surface area contributed by atoms with Crippen molar-refractivity contribution < 1.29 is 0 Å². The lowest BCUT2D eigenvalue weighted by molar-refractivity contribution is 0.392. The molecule has 1 aromatic heterocycles. The number of aromatic nitrogens is 1.